The average molecular weight is 287 g/mol. The highest BCUT2D eigenvalue weighted by molar-refractivity contribution is 5.88. The van der Waals surface area contributed by atoms with Crippen molar-refractivity contribution in [3.8, 4) is 5.82 Å². The first-order chi connectivity index (χ1) is 9.96. The molecule has 2 heterocycles. The molecule has 0 atom stereocenters. The first-order valence-electron chi connectivity index (χ1n) is 7.29. The van der Waals surface area contributed by atoms with Crippen LogP contribution >= 0.6 is 0 Å². The molecule has 5 heteroatoms. The molecule has 0 aromatic carbocycles. The zero-order chi connectivity index (χ0) is 15.6. The first kappa shape index (κ1) is 15.2. The molecule has 0 aliphatic carbocycles. The normalized spacial score (nSPS) is 11.1. The summed E-state index contributed by atoms with van der Waals surface area (Å²) in [4.78, 5) is 15.9. The Labute approximate surface area is 124 Å². The summed E-state index contributed by atoms with van der Waals surface area (Å²) in [5.41, 5.74) is 3.04. The summed E-state index contributed by atoms with van der Waals surface area (Å²) in [6, 6.07) is 5.26. The van der Waals surface area contributed by atoms with E-state index in [9.17, 15) is 9.90 Å². The van der Waals surface area contributed by atoms with Crippen LogP contribution in [0.15, 0.2) is 18.2 Å². The Kier molecular flexibility index (Phi) is 4.40. The van der Waals surface area contributed by atoms with E-state index < -0.39 is 5.97 Å². The predicted octanol–water partition coefficient (Wildman–Crippen LogP) is 3.21. The molecule has 0 bridgehead atoms. The van der Waals surface area contributed by atoms with Crippen molar-refractivity contribution in [2.45, 2.75) is 46.5 Å². The van der Waals surface area contributed by atoms with Crippen molar-refractivity contribution in [1.82, 2.24) is 14.8 Å². The quantitative estimate of drug-likeness (QED) is 0.916. The molecule has 0 fully saturated rings. The fraction of sp³-hybridized carbons (Fsp3) is 0.438. The third kappa shape index (κ3) is 3.12. The first-order valence-corrected chi connectivity index (χ1v) is 7.29. The Hall–Kier alpha value is -2.17. The number of carboxylic acids is 1. The van der Waals surface area contributed by atoms with Crippen LogP contribution in [0, 0.1) is 0 Å². The summed E-state index contributed by atoms with van der Waals surface area (Å²) in [5, 5.41) is 13.8. The minimum absolute atomic E-state index is 0.161. The van der Waals surface area contributed by atoms with Crippen LogP contribution < -0.4 is 0 Å². The second kappa shape index (κ2) is 6.08. The summed E-state index contributed by atoms with van der Waals surface area (Å²) in [6.07, 6.45) is 1.67. The Morgan fingerprint density at radius 2 is 1.95 bits per heavy atom. The summed E-state index contributed by atoms with van der Waals surface area (Å²) in [5.74, 6) is -0.203. The number of carbonyl (C=O) groups is 1. The molecule has 0 aliphatic heterocycles. The van der Waals surface area contributed by atoms with Crippen molar-refractivity contribution in [2.24, 2.45) is 0 Å². The van der Waals surface area contributed by atoms with E-state index in [0.29, 0.717) is 5.82 Å². The summed E-state index contributed by atoms with van der Waals surface area (Å²) < 4.78 is 1.76. The molecule has 112 valence electrons. The molecule has 5 nitrogen and oxygen atoms in total. The topological polar surface area (TPSA) is 68.0 Å². The van der Waals surface area contributed by atoms with Gasteiger partial charge in [0.1, 0.15) is 0 Å². The summed E-state index contributed by atoms with van der Waals surface area (Å²) >= 11 is 0. The second-order valence-corrected chi connectivity index (χ2v) is 5.34. The van der Waals surface area contributed by atoms with Crippen LogP contribution in [0.3, 0.4) is 0 Å². The molecule has 2 rings (SSSR count). The zero-order valence-electron chi connectivity index (χ0n) is 12.9. The highest BCUT2D eigenvalue weighted by atomic mass is 16.4. The lowest BCUT2D eigenvalue weighted by molar-refractivity contribution is 0.0696. The molecule has 21 heavy (non-hydrogen) atoms. The molecular weight excluding hydrogens is 266 g/mol. The fourth-order valence-electron chi connectivity index (χ4n) is 2.16. The summed E-state index contributed by atoms with van der Waals surface area (Å²) in [7, 11) is 0. The van der Waals surface area contributed by atoms with Crippen LogP contribution in [0.25, 0.3) is 5.82 Å². The number of nitrogens with zero attached hydrogens (tertiary/aromatic N) is 3. The SMILES string of the molecule is CCc1cc(CC)n(-c2cc(C(=O)O)cc(C(C)C)n2)n1. The molecule has 0 spiro atoms. The van der Waals surface area contributed by atoms with Crippen molar-refractivity contribution >= 4 is 5.97 Å². The monoisotopic (exact) mass is 287 g/mol. The van der Waals surface area contributed by atoms with Gasteiger partial charge in [0.2, 0.25) is 0 Å². The van der Waals surface area contributed by atoms with Gasteiger partial charge in [-0.25, -0.2) is 14.5 Å². The number of rotatable bonds is 5. The maximum Gasteiger partial charge on any atom is 0.335 e. The van der Waals surface area contributed by atoms with E-state index in [-0.39, 0.29) is 11.5 Å². The van der Waals surface area contributed by atoms with E-state index in [1.807, 2.05) is 26.8 Å². The average Bonchev–Trinajstić information content (AvgIpc) is 2.90. The van der Waals surface area contributed by atoms with Gasteiger partial charge in [0, 0.05) is 11.4 Å². The van der Waals surface area contributed by atoms with E-state index in [1.165, 1.54) is 0 Å². The van der Waals surface area contributed by atoms with Crippen molar-refractivity contribution in [3.05, 3.63) is 40.8 Å². The van der Waals surface area contributed by atoms with E-state index in [2.05, 4.69) is 17.0 Å². The number of hydrogen-bond acceptors (Lipinski definition) is 3. The van der Waals surface area contributed by atoms with Gasteiger partial charge in [-0.05, 0) is 37.0 Å². The Morgan fingerprint density at radius 3 is 2.48 bits per heavy atom. The maximum absolute atomic E-state index is 11.3. The van der Waals surface area contributed by atoms with Crippen LogP contribution in [0.2, 0.25) is 0 Å². The molecule has 0 radical (unpaired) electrons. The van der Waals surface area contributed by atoms with E-state index in [1.54, 1.807) is 16.8 Å². The smallest absolute Gasteiger partial charge is 0.335 e. The Bertz CT molecular complexity index is 660. The Morgan fingerprint density at radius 1 is 1.24 bits per heavy atom. The lowest BCUT2D eigenvalue weighted by Gasteiger charge is -2.11. The highest BCUT2D eigenvalue weighted by Gasteiger charge is 2.15. The van der Waals surface area contributed by atoms with Gasteiger partial charge in [-0.1, -0.05) is 27.7 Å². The van der Waals surface area contributed by atoms with Crippen LogP contribution in [-0.2, 0) is 12.8 Å². The minimum atomic E-state index is -0.943. The van der Waals surface area contributed by atoms with Crippen LogP contribution in [0.4, 0.5) is 0 Å². The highest BCUT2D eigenvalue weighted by Crippen LogP contribution is 2.19. The number of hydrogen-bond donors (Lipinski definition) is 1. The van der Waals surface area contributed by atoms with Gasteiger partial charge in [-0.15, -0.1) is 0 Å². The van der Waals surface area contributed by atoms with Crippen molar-refractivity contribution < 1.29 is 9.90 Å². The van der Waals surface area contributed by atoms with E-state index in [0.717, 1.165) is 29.9 Å². The molecule has 0 unspecified atom stereocenters. The lowest BCUT2D eigenvalue weighted by Crippen LogP contribution is -2.09. The number of carboxylic acid groups (broad SMARTS) is 1. The molecule has 0 amide bonds. The van der Waals surface area contributed by atoms with Gasteiger partial charge in [-0.2, -0.15) is 5.10 Å². The number of pyridine rings is 1. The number of aryl methyl sites for hydroxylation is 2. The number of aromatic carboxylic acids is 1. The largest absolute Gasteiger partial charge is 0.478 e. The standard InChI is InChI=1S/C16H21N3O2/c1-5-12-9-13(6-2)19(18-12)15-8-11(16(20)21)7-14(17-15)10(3)4/h7-10H,5-6H2,1-4H3,(H,20,21). The molecule has 0 aliphatic rings. The van der Waals surface area contributed by atoms with Crippen LogP contribution in [0.5, 0.6) is 0 Å². The third-order valence-corrected chi connectivity index (χ3v) is 3.45. The van der Waals surface area contributed by atoms with Crippen LogP contribution in [-0.4, -0.2) is 25.8 Å². The van der Waals surface area contributed by atoms with Crippen molar-refractivity contribution in [3.63, 3.8) is 0 Å². The van der Waals surface area contributed by atoms with Gasteiger partial charge in [0.25, 0.3) is 0 Å². The molecule has 2 aromatic rings. The van der Waals surface area contributed by atoms with E-state index in [4.69, 9.17) is 0 Å². The molecule has 2 aromatic heterocycles. The maximum atomic E-state index is 11.3. The third-order valence-electron chi connectivity index (χ3n) is 3.45. The van der Waals surface area contributed by atoms with Crippen LogP contribution in [0.1, 0.15) is 61.1 Å². The molecule has 1 N–H and O–H groups in total. The van der Waals surface area contributed by atoms with E-state index >= 15 is 0 Å². The predicted molar refractivity (Wildman–Crippen MR) is 81.2 cm³/mol. The Balaban J connectivity index is 2.62. The van der Waals surface area contributed by atoms with Gasteiger partial charge < -0.3 is 5.11 Å². The molecular formula is C16H21N3O2. The summed E-state index contributed by atoms with van der Waals surface area (Å²) in [6.45, 7) is 8.10. The zero-order valence-corrected chi connectivity index (χ0v) is 12.9. The van der Waals surface area contributed by atoms with Crippen molar-refractivity contribution in [2.75, 3.05) is 0 Å². The minimum Gasteiger partial charge on any atom is -0.478 e. The molecule has 0 saturated heterocycles. The van der Waals surface area contributed by atoms with Gasteiger partial charge in [0.05, 0.1) is 11.3 Å². The number of aromatic nitrogens is 3. The van der Waals surface area contributed by atoms with Crippen molar-refractivity contribution in [1.29, 1.82) is 0 Å². The van der Waals surface area contributed by atoms with Gasteiger partial charge in [0.15, 0.2) is 5.82 Å². The fourth-order valence-corrected chi connectivity index (χ4v) is 2.16. The second-order valence-electron chi connectivity index (χ2n) is 5.34. The lowest BCUT2D eigenvalue weighted by atomic mass is 10.1. The van der Waals surface area contributed by atoms with Gasteiger partial charge in [-0.3, -0.25) is 0 Å². The molecule has 0 saturated carbocycles. The van der Waals surface area contributed by atoms with Gasteiger partial charge >= 0.3 is 5.97 Å².